The Balaban J connectivity index is 1.25. The molecule has 5 rings (SSSR count). The van der Waals surface area contributed by atoms with Crippen molar-refractivity contribution in [3.63, 3.8) is 0 Å². The van der Waals surface area contributed by atoms with Crippen molar-refractivity contribution in [1.82, 2.24) is 25.6 Å². The third kappa shape index (κ3) is 7.33. The minimum Gasteiger partial charge on any atom is -0.396 e. The van der Waals surface area contributed by atoms with Crippen LogP contribution in [0.3, 0.4) is 0 Å². The first-order valence-electron chi connectivity index (χ1n) is 13.7. The summed E-state index contributed by atoms with van der Waals surface area (Å²) in [4.78, 5) is 27.9. The van der Waals surface area contributed by atoms with Gasteiger partial charge in [0.25, 0.3) is 5.91 Å². The zero-order chi connectivity index (χ0) is 29.5. The number of hydrogen-bond acceptors (Lipinski definition) is 8. The number of rotatable bonds is 7. The standard InChI is InChI=1S/C29H31F3N8O2/c30-29(31,32)24-17-21(3-4-22(24)19-39-13-11-33-12-14-39)28(42)37-26-16-20(8-10-35-26)2-5-23-18-36-27-7-6-25(38-40(23)27)34-9-1-15-41/h3-4,6-8,10,16-17,23,33,41H,1,9,11-15,18-19H2,(H,34,38)(H,35,37,42). The van der Waals surface area contributed by atoms with Crippen LogP contribution in [0.1, 0.15) is 33.5 Å². The topological polar surface area (TPSA) is 117 Å². The molecular weight excluding hydrogens is 549 g/mol. The number of anilines is 1. The smallest absolute Gasteiger partial charge is 0.396 e. The molecular formula is C29H31F3N8O2. The molecule has 1 aromatic heterocycles. The summed E-state index contributed by atoms with van der Waals surface area (Å²) in [6, 6.07) is 6.66. The number of aliphatic hydroxyl groups excluding tert-OH is 1. The third-order valence-electron chi connectivity index (χ3n) is 6.87. The second-order valence-electron chi connectivity index (χ2n) is 9.92. The molecule has 1 saturated heterocycles. The van der Waals surface area contributed by atoms with Crippen LogP contribution in [-0.2, 0) is 12.7 Å². The predicted molar refractivity (Wildman–Crippen MR) is 153 cm³/mol. The fourth-order valence-corrected chi connectivity index (χ4v) is 4.71. The summed E-state index contributed by atoms with van der Waals surface area (Å²) >= 11 is 0. The van der Waals surface area contributed by atoms with E-state index in [-0.39, 0.29) is 36.1 Å². The number of hydrazine groups is 1. The van der Waals surface area contributed by atoms with Crippen molar-refractivity contribution >= 4 is 23.4 Å². The minimum absolute atomic E-state index is 0.0668. The maximum atomic E-state index is 13.9. The van der Waals surface area contributed by atoms with Crippen molar-refractivity contribution < 1.29 is 23.1 Å². The number of aliphatic hydroxyl groups is 1. The predicted octanol–water partition coefficient (Wildman–Crippen LogP) is 2.05. The Morgan fingerprint density at radius 1 is 1.19 bits per heavy atom. The number of carbonyl (C=O) groups is 1. The van der Waals surface area contributed by atoms with Gasteiger partial charge in [0.2, 0.25) is 0 Å². The number of pyridine rings is 1. The molecule has 3 aliphatic heterocycles. The van der Waals surface area contributed by atoms with Gasteiger partial charge in [-0.3, -0.25) is 30.1 Å². The Kier molecular flexibility index (Phi) is 9.16. The molecule has 4 N–H and O–H groups in total. The number of amidine groups is 2. The minimum atomic E-state index is -4.59. The molecule has 1 atom stereocenters. The summed E-state index contributed by atoms with van der Waals surface area (Å²) in [6.45, 7) is 3.93. The molecule has 4 heterocycles. The summed E-state index contributed by atoms with van der Waals surface area (Å²) in [5.74, 6) is 7.08. The normalized spacial score (nSPS) is 19.5. The van der Waals surface area contributed by atoms with Gasteiger partial charge in [0.05, 0.1) is 12.1 Å². The Morgan fingerprint density at radius 2 is 2.02 bits per heavy atom. The van der Waals surface area contributed by atoms with Crippen LogP contribution >= 0.6 is 0 Å². The van der Waals surface area contributed by atoms with Gasteiger partial charge in [0, 0.05) is 63.2 Å². The lowest BCUT2D eigenvalue weighted by molar-refractivity contribution is -0.138. The Hall–Kier alpha value is -4.25. The van der Waals surface area contributed by atoms with Gasteiger partial charge < -0.3 is 15.7 Å². The zero-order valence-electron chi connectivity index (χ0n) is 22.8. The Morgan fingerprint density at radius 3 is 2.81 bits per heavy atom. The van der Waals surface area contributed by atoms with Crippen LogP contribution in [0.25, 0.3) is 0 Å². The van der Waals surface area contributed by atoms with Gasteiger partial charge in [-0.1, -0.05) is 17.9 Å². The van der Waals surface area contributed by atoms with Crippen LogP contribution in [0.5, 0.6) is 0 Å². The van der Waals surface area contributed by atoms with Gasteiger partial charge in [-0.15, -0.1) is 0 Å². The number of benzene rings is 1. The fraction of sp³-hybridized carbons (Fsp3) is 0.379. The van der Waals surface area contributed by atoms with E-state index in [4.69, 9.17) is 5.11 Å². The van der Waals surface area contributed by atoms with E-state index in [1.165, 1.54) is 18.3 Å². The van der Waals surface area contributed by atoms with E-state index in [0.717, 1.165) is 25.0 Å². The number of halogens is 3. The van der Waals surface area contributed by atoms with Crippen LogP contribution in [0.2, 0.25) is 0 Å². The van der Waals surface area contributed by atoms with Gasteiger partial charge in [-0.2, -0.15) is 13.2 Å². The first kappa shape index (κ1) is 29.2. The highest BCUT2D eigenvalue weighted by molar-refractivity contribution is 6.07. The number of piperazine rings is 1. The zero-order valence-corrected chi connectivity index (χ0v) is 22.8. The number of fused-ring (bicyclic) bond motifs is 1. The third-order valence-corrected chi connectivity index (χ3v) is 6.87. The molecule has 1 amide bonds. The Bertz CT molecular complexity index is 1450. The number of nitrogens with zero attached hydrogens (tertiary/aromatic N) is 5. The first-order chi connectivity index (χ1) is 20.3. The number of amides is 1. The van der Waals surface area contributed by atoms with Crippen LogP contribution in [0.15, 0.2) is 58.7 Å². The molecule has 1 fully saturated rings. The lowest BCUT2D eigenvalue weighted by Crippen LogP contribution is -2.50. The molecule has 10 nitrogen and oxygen atoms in total. The van der Waals surface area contributed by atoms with Gasteiger partial charge in [0.15, 0.2) is 0 Å². The lowest BCUT2D eigenvalue weighted by Gasteiger charge is -2.28. The molecule has 220 valence electrons. The summed E-state index contributed by atoms with van der Waals surface area (Å²) in [6.07, 6.45) is 1.11. The van der Waals surface area contributed by atoms with Crippen molar-refractivity contribution in [2.24, 2.45) is 9.98 Å². The lowest BCUT2D eigenvalue weighted by atomic mass is 10.0. The van der Waals surface area contributed by atoms with Crippen LogP contribution < -0.4 is 16.1 Å². The number of aliphatic imine (C=N–C) groups is 2. The van der Waals surface area contributed by atoms with E-state index in [0.29, 0.717) is 44.0 Å². The highest BCUT2D eigenvalue weighted by Gasteiger charge is 2.34. The number of alkyl halides is 3. The van der Waals surface area contributed by atoms with E-state index < -0.39 is 17.6 Å². The highest BCUT2D eigenvalue weighted by Crippen LogP contribution is 2.33. The van der Waals surface area contributed by atoms with Crippen LogP contribution in [-0.4, -0.2) is 89.5 Å². The average molecular weight is 581 g/mol. The summed E-state index contributed by atoms with van der Waals surface area (Å²) in [7, 11) is 0. The van der Waals surface area contributed by atoms with E-state index in [1.807, 2.05) is 22.1 Å². The molecule has 1 unspecified atom stereocenters. The van der Waals surface area contributed by atoms with Crippen molar-refractivity contribution in [2.75, 3.05) is 51.2 Å². The maximum absolute atomic E-state index is 13.9. The number of nitrogens with one attached hydrogen (secondary N) is 3. The molecule has 1 aromatic carbocycles. The summed E-state index contributed by atoms with van der Waals surface area (Å²) in [5.41, 5.74) is 2.96. The van der Waals surface area contributed by atoms with Crippen LogP contribution in [0.4, 0.5) is 19.0 Å². The molecule has 0 aliphatic carbocycles. The SMILES string of the molecule is O=C(Nc1cc(C#CC2CN=C3C=CC(=NCCCO)NN32)ccn1)c1ccc(CN2CCNCC2)c(C(F)(F)F)c1. The molecule has 0 bridgehead atoms. The van der Waals surface area contributed by atoms with Crippen molar-refractivity contribution in [2.45, 2.75) is 25.2 Å². The summed E-state index contributed by atoms with van der Waals surface area (Å²) < 4.78 is 41.7. The average Bonchev–Trinajstić information content (AvgIpc) is 3.39. The number of carbonyl (C=O) groups excluding carboxylic acids is 1. The molecule has 3 aliphatic rings. The van der Waals surface area contributed by atoms with E-state index in [2.05, 4.69) is 42.9 Å². The fourth-order valence-electron chi connectivity index (χ4n) is 4.71. The Labute approximate surface area is 241 Å². The monoisotopic (exact) mass is 580 g/mol. The first-order valence-corrected chi connectivity index (χ1v) is 13.7. The van der Waals surface area contributed by atoms with Crippen molar-refractivity contribution in [3.8, 4) is 11.8 Å². The molecule has 0 spiro atoms. The van der Waals surface area contributed by atoms with Crippen molar-refractivity contribution in [3.05, 3.63) is 70.9 Å². The number of hydrogen-bond donors (Lipinski definition) is 4. The van der Waals surface area contributed by atoms with Gasteiger partial charge in [-0.25, -0.2) is 4.98 Å². The maximum Gasteiger partial charge on any atom is 0.416 e. The largest absolute Gasteiger partial charge is 0.416 e. The molecule has 42 heavy (non-hydrogen) atoms. The van der Waals surface area contributed by atoms with Crippen LogP contribution in [0, 0.1) is 11.8 Å². The van der Waals surface area contributed by atoms with Crippen molar-refractivity contribution in [1.29, 1.82) is 0 Å². The second kappa shape index (κ2) is 13.2. The van der Waals surface area contributed by atoms with E-state index in [9.17, 15) is 18.0 Å². The molecule has 0 radical (unpaired) electrons. The molecule has 2 aromatic rings. The summed E-state index contributed by atoms with van der Waals surface area (Å²) in [5, 5.41) is 16.6. The number of aromatic nitrogens is 1. The van der Waals surface area contributed by atoms with E-state index in [1.54, 1.807) is 12.1 Å². The van der Waals surface area contributed by atoms with Gasteiger partial charge in [-0.05, 0) is 48.4 Å². The quantitative estimate of drug-likeness (QED) is 0.293. The van der Waals surface area contributed by atoms with Gasteiger partial charge >= 0.3 is 6.18 Å². The van der Waals surface area contributed by atoms with E-state index >= 15 is 0 Å². The molecule has 0 saturated carbocycles. The van der Waals surface area contributed by atoms with Gasteiger partial charge in [0.1, 0.15) is 23.5 Å². The second-order valence-corrected chi connectivity index (χ2v) is 9.92. The highest BCUT2D eigenvalue weighted by atomic mass is 19.4. The molecule has 13 heteroatoms.